The van der Waals surface area contributed by atoms with Gasteiger partial charge in [-0.05, 0) is 70.8 Å². The van der Waals surface area contributed by atoms with Gasteiger partial charge in [-0.15, -0.1) is 0 Å². The van der Waals surface area contributed by atoms with E-state index in [-0.39, 0.29) is 0 Å². The molecule has 0 unspecified atom stereocenters. The molecule has 37 heavy (non-hydrogen) atoms. The second kappa shape index (κ2) is 10.2. The van der Waals surface area contributed by atoms with Crippen molar-refractivity contribution in [1.82, 2.24) is 19.9 Å². The Morgan fingerprint density at radius 2 is 0.919 bits per heavy atom. The third-order valence-electron chi connectivity index (χ3n) is 6.16. The average molecular weight is 541 g/mol. The molecular weight excluding hydrogens is 520 g/mol. The lowest BCUT2D eigenvalue weighted by Crippen LogP contribution is -1.96. The van der Waals surface area contributed by atoms with E-state index in [0.29, 0.717) is 5.82 Å². The number of aromatic nitrogens is 4. The molecule has 3 aromatic heterocycles. The van der Waals surface area contributed by atoms with Gasteiger partial charge in [0.25, 0.3) is 0 Å². The first-order valence-corrected chi connectivity index (χ1v) is 12.7. The van der Waals surface area contributed by atoms with Crippen molar-refractivity contribution < 1.29 is 0 Å². The molecule has 0 fully saturated rings. The van der Waals surface area contributed by atoms with Crippen molar-refractivity contribution in [2.75, 3.05) is 0 Å². The minimum absolute atomic E-state index is 0.660. The first-order valence-electron chi connectivity index (χ1n) is 11.9. The first-order chi connectivity index (χ1) is 18.2. The number of pyridine rings is 2. The Hall–Kier alpha value is -4.48. The van der Waals surface area contributed by atoms with Gasteiger partial charge < -0.3 is 0 Å². The standard InChI is InChI=1S/C32H21BrN4/c33-29-19-27(24-10-14-34-15-11-24)18-28(20-29)31-21-30(36-32(37-31)26-12-16-35-17-13-26)25-8-6-23(7-9-25)22-4-2-1-3-5-22/h1-21H. The van der Waals surface area contributed by atoms with Gasteiger partial charge in [-0.25, -0.2) is 9.97 Å². The molecule has 3 heterocycles. The zero-order valence-corrected chi connectivity index (χ0v) is 21.4. The molecule has 0 spiro atoms. The normalized spacial score (nSPS) is 10.8. The van der Waals surface area contributed by atoms with E-state index in [9.17, 15) is 0 Å². The number of hydrogen-bond acceptors (Lipinski definition) is 4. The number of hydrogen-bond donors (Lipinski definition) is 0. The summed E-state index contributed by atoms with van der Waals surface area (Å²) in [5.74, 6) is 0.660. The summed E-state index contributed by atoms with van der Waals surface area (Å²) in [6.45, 7) is 0. The molecule has 6 rings (SSSR count). The highest BCUT2D eigenvalue weighted by Gasteiger charge is 2.13. The van der Waals surface area contributed by atoms with E-state index in [4.69, 9.17) is 9.97 Å². The molecule has 0 radical (unpaired) electrons. The van der Waals surface area contributed by atoms with Crippen LogP contribution in [0.15, 0.2) is 132 Å². The molecule has 3 aromatic carbocycles. The van der Waals surface area contributed by atoms with Gasteiger partial charge in [0.15, 0.2) is 5.82 Å². The second-order valence-electron chi connectivity index (χ2n) is 8.61. The van der Waals surface area contributed by atoms with Crippen LogP contribution in [0, 0.1) is 0 Å². The molecule has 0 N–H and O–H groups in total. The van der Waals surface area contributed by atoms with E-state index in [2.05, 4.69) is 98.7 Å². The summed E-state index contributed by atoms with van der Waals surface area (Å²) in [6.07, 6.45) is 7.14. The maximum atomic E-state index is 4.97. The van der Waals surface area contributed by atoms with Crippen LogP contribution >= 0.6 is 15.9 Å². The lowest BCUT2D eigenvalue weighted by atomic mass is 10.00. The van der Waals surface area contributed by atoms with Crippen molar-refractivity contribution in [2.24, 2.45) is 0 Å². The minimum atomic E-state index is 0.660. The Balaban J connectivity index is 1.47. The summed E-state index contributed by atoms with van der Waals surface area (Å²) in [7, 11) is 0. The average Bonchev–Trinajstić information content (AvgIpc) is 2.98. The van der Waals surface area contributed by atoms with E-state index in [1.165, 1.54) is 11.1 Å². The van der Waals surface area contributed by atoms with Crippen molar-refractivity contribution in [3.8, 4) is 56.2 Å². The van der Waals surface area contributed by atoms with Gasteiger partial charge in [0.1, 0.15) is 0 Å². The largest absolute Gasteiger partial charge is 0.265 e. The molecule has 0 amide bonds. The zero-order valence-electron chi connectivity index (χ0n) is 19.8. The zero-order chi connectivity index (χ0) is 25.0. The molecule has 0 aliphatic heterocycles. The molecule has 6 aromatic rings. The fourth-order valence-electron chi connectivity index (χ4n) is 4.29. The maximum absolute atomic E-state index is 4.97. The van der Waals surface area contributed by atoms with Crippen LogP contribution in [0.5, 0.6) is 0 Å². The first kappa shape index (κ1) is 23.0. The third kappa shape index (κ3) is 5.08. The van der Waals surface area contributed by atoms with Crippen LogP contribution < -0.4 is 0 Å². The fourth-order valence-corrected chi connectivity index (χ4v) is 4.78. The van der Waals surface area contributed by atoms with E-state index >= 15 is 0 Å². The molecule has 0 aliphatic carbocycles. The molecule has 0 saturated heterocycles. The fraction of sp³-hybridized carbons (Fsp3) is 0. The summed E-state index contributed by atoms with van der Waals surface area (Å²) in [5.41, 5.74) is 9.20. The quantitative estimate of drug-likeness (QED) is 0.220. The van der Waals surface area contributed by atoms with Crippen LogP contribution in [-0.4, -0.2) is 19.9 Å². The van der Waals surface area contributed by atoms with Crippen molar-refractivity contribution >= 4 is 15.9 Å². The Kier molecular flexibility index (Phi) is 6.36. The van der Waals surface area contributed by atoms with Crippen LogP contribution in [0.2, 0.25) is 0 Å². The van der Waals surface area contributed by atoms with Gasteiger partial charge in [0, 0.05) is 46.0 Å². The van der Waals surface area contributed by atoms with Crippen LogP contribution in [0.25, 0.3) is 56.2 Å². The Morgan fingerprint density at radius 1 is 0.405 bits per heavy atom. The topological polar surface area (TPSA) is 51.6 Å². The van der Waals surface area contributed by atoms with E-state index in [1.54, 1.807) is 24.8 Å². The lowest BCUT2D eigenvalue weighted by Gasteiger charge is -2.12. The summed E-state index contributed by atoms with van der Waals surface area (Å²) in [4.78, 5) is 18.2. The summed E-state index contributed by atoms with van der Waals surface area (Å²) in [6, 6.07) is 35.2. The van der Waals surface area contributed by atoms with Crippen LogP contribution in [0.4, 0.5) is 0 Å². The molecule has 0 atom stereocenters. The highest BCUT2D eigenvalue weighted by atomic mass is 79.9. The molecule has 5 heteroatoms. The Bertz CT molecular complexity index is 1650. The van der Waals surface area contributed by atoms with Crippen molar-refractivity contribution in [2.45, 2.75) is 0 Å². The number of halogens is 1. The number of nitrogens with zero attached hydrogens (tertiary/aromatic N) is 4. The highest BCUT2D eigenvalue weighted by Crippen LogP contribution is 2.33. The number of benzene rings is 3. The molecule has 176 valence electrons. The van der Waals surface area contributed by atoms with Gasteiger partial charge in [-0.2, -0.15) is 0 Å². The van der Waals surface area contributed by atoms with Crippen LogP contribution in [0.1, 0.15) is 0 Å². The molecule has 0 bridgehead atoms. The molecule has 0 aliphatic rings. The lowest BCUT2D eigenvalue weighted by molar-refractivity contribution is 1.17. The SMILES string of the molecule is Brc1cc(-c2ccncc2)cc(-c2cc(-c3ccc(-c4ccccc4)cc3)nc(-c3ccncc3)n2)c1. The van der Waals surface area contributed by atoms with Crippen LogP contribution in [-0.2, 0) is 0 Å². The highest BCUT2D eigenvalue weighted by molar-refractivity contribution is 9.10. The van der Waals surface area contributed by atoms with Gasteiger partial charge in [0.05, 0.1) is 11.4 Å². The second-order valence-corrected chi connectivity index (χ2v) is 9.52. The van der Waals surface area contributed by atoms with E-state index in [1.807, 2.05) is 30.3 Å². The Labute approximate surface area is 223 Å². The van der Waals surface area contributed by atoms with Crippen molar-refractivity contribution in [1.29, 1.82) is 0 Å². The van der Waals surface area contributed by atoms with Gasteiger partial charge in [0.2, 0.25) is 0 Å². The molecular formula is C32H21BrN4. The summed E-state index contributed by atoms with van der Waals surface area (Å²) < 4.78 is 0.981. The summed E-state index contributed by atoms with van der Waals surface area (Å²) in [5, 5.41) is 0. The molecule has 0 saturated carbocycles. The predicted octanol–water partition coefficient (Wildman–Crippen LogP) is 8.36. The van der Waals surface area contributed by atoms with Gasteiger partial charge in [-0.1, -0.05) is 70.5 Å². The molecule has 4 nitrogen and oxygen atoms in total. The third-order valence-corrected chi connectivity index (χ3v) is 6.62. The Morgan fingerprint density at radius 3 is 1.59 bits per heavy atom. The van der Waals surface area contributed by atoms with Crippen molar-refractivity contribution in [3.05, 3.63) is 132 Å². The van der Waals surface area contributed by atoms with Gasteiger partial charge in [-0.3, -0.25) is 9.97 Å². The maximum Gasteiger partial charge on any atom is 0.160 e. The predicted molar refractivity (Wildman–Crippen MR) is 153 cm³/mol. The summed E-state index contributed by atoms with van der Waals surface area (Å²) >= 11 is 3.70. The van der Waals surface area contributed by atoms with E-state index in [0.717, 1.165) is 43.7 Å². The number of rotatable bonds is 5. The van der Waals surface area contributed by atoms with Crippen LogP contribution in [0.3, 0.4) is 0 Å². The smallest absolute Gasteiger partial charge is 0.160 e. The van der Waals surface area contributed by atoms with E-state index < -0.39 is 0 Å². The van der Waals surface area contributed by atoms with Gasteiger partial charge >= 0.3 is 0 Å². The van der Waals surface area contributed by atoms with Crippen molar-refractivity contribution in [3.63, 3.8) is 0 Å². The monoisotopic (exact) mass is 540 g/mol. The minimum Gasteiger partial charge on any atom is -0.265 e.